The number of hydrogen-bond acceptors (Lipinski definition) is 7. The molecule has 0 aliphatic rings. The van der Waals surface area contributed by atoms with E-state index in [1.807, 2.05) is 0 Å². The third-order valence-electron chi connectivity index (χ3n) is 1.90. The Morgan fingerprint density at radius 3 is 2.10 bits per heavy atom. The zero-order chi connectivity index (χ0) is 13.6. The van der Waals surface area contributed by atoms with Crippen molar-refractivity contribution in [3.63, 3.8) is 0 Å². The van der Waals surface area contributed by atoms with Crippen LogP contribution in [0.15, 0.2) is 30.3 Å². The van der Waals surface area contributed by atoms with Gasteiger partial charge >= 0.3 is 88.7 Å². The number of aliphatic carboxylic acids is 1. The Labute approximate surface area is 188 Å². The van der Waals surface area contributed by atoms with Gasteiger partial charge in [-0.2, -0.15) is 0 Å². The van der Waals surface area contributed by atoms with Crippen LogP contribution in [0.1, 0.15) is 5.56 Å². The van der Waals surface area contributed by atoms with E-state index in [4.69, 9.17) is 4.74 Å². The molecule has 0 saturated heterocycles. The molecule has 0 fully saturated rings. The van der Waals surface area contributed by atoms with Gasteiger partial charge in [-0.05, 0) is 5.56 Å². The van der Waals surface area contributed by atoms with E-state index in [-0.39, 0.29) is 95.3 Å². The first-order valence-electron chi connectivity index (χ1n) is 4.91. The summed E-state index contributed by atoms with van der Waals surface area (Å²) in [5, 5.41) is 10.5. The van der Waals surface area contributed by atoms with Crippen molar-refractivity contribution in [2.24, 2.45) is 0 Å². The van der Waals surface area contributed by atoms with Crippen LogP contribution < -0.4 is 104 Å². The number of hydrogen-bond donors (Lipinski definition) is 0. The van der Waals surface area contributed by atoms with Crippen molar-refractivity contribution in [1.29, 1.82) is 0 Å². The molecular weight excluding hydrogens is 332 g/mol. The number of rotatable bonds is 7. The molecule has 0 heterocycles. The first kappa shape index (κ1) is 27.6. The third-order valence-corrected chi connectivity index (χ3v) is 2.41. The van der Waals surface area contributed by atoms with Crippen molar-refractivity contribution in [1.82, 2.24) is 0 Å². The maximum Gasteiger partial charge on any atom is 1.00 e. The van der Waals surface area contributed by atoms with Crippen molar-refractivity contribution >= 4 is 13.8 Å². The van der Waals surface area contributed by atoms with Crippen LogP contribution >= 0.6 is 7.82 Å². The molecule has 0 radical (unpaired) electrons. The molecule has 0 aromatic heterocycles. The topological polar surface area (TPSA) is 122 Å². The monoisotopic (exact) mass is 342 g/mol. The normalized spacial score (nSPS) is 11.3. The Morgan fingerprint density at radius 1 is 1.14 bits per heavy atom. The Balaban J connectivity index is -0.00000108. The van der Waals surface area contributed by atoms with E-state index in [2.05, 4.69) is 4.52 Å². The van der Waals surface area contributed by atoms with Crippen LogP contribution in [0.3, 0.4) is 0 Å². The van der Waals surface area contributed by atoms with E-state index in [1.165, 1.54) is 0 Å². The number of phosphoric ester groups is 1. The number of ether oxygens (including phenoxy) is 1. The van der Waals surface area contributed by atoms with Gasteiger partial charge < -0.3 is 33.5 Å². The van der Waals surface area contributed by atoms with Crippen LogP contribution in [0.2, 0.25) is 0 Å². The van der Waals surface area contributed by atoms with E-state index in [1.54, 1.807) is 30.3 Å². The molecule has 0 aliphatic carbocycles. The van der Waals surface area contributed by atoms with Crippen LogP contribution in [-0.4, -0.2) is 18.7 Å². The Kier molecular flexibility index (Phi) is 18.6. The fourth-order valence-electron chi connectivity index (χ4n) is 1.16. The molecule has 0 aliphatic heterocycles. The van der Waals surface area contributed by atoms with Crippen molar-refractivity contribution in [2.75, 3.05) is 6.61 Å². The van der Waals surface area contributed by atoms with Gasteiger partial charge in [-0.25, -0.2) is 0 Å². The predicted molar refractivity (Wildman–Crippen MR) is 53.6 cm³/mol. The van der Waals surface area contributed by atoms with E-state index in [0.717, 1.165) is 5.56 Å². The van der Waals surface area contributed by atoms with Crippen molar-refractivity contribution in [3.05, 3.63) is 35.9 Å². The van der Waals surface area contributed by atoms with Gasteiger partial charge in [0, 0.05) is 0 Å². The van der Waals surface area contributed by atoms with Gasteiger partial charge in [0.2, 0.25) is 0 Å². The minimum Gasteiger partial charge on any atom is -0.790 e. The maximum atomic E-state index is 10.5. The zero-order valence-corrected chi connectivity index (χ0v) is 19.1. The van der Waals surface area contributed by atoms with Crippen LogP contribution in [-0.2, 0) is 25.2 Å². The number of carboxylic acids is 1. The molecule has 0 amide bonds. The van der Waals surface area contributed by atoms with Gasteiger partial charge in [0.1, 0.15) is 6.10 Å². The van der Waals surface area contributed by atoms with Crippen molar-refractivity contribution < 1.29 is 122 Å². The molecule has 1 unspecified atom stereocenters. The predicted octanol–water partition coefficient (Wildman–Crippen LogP) is -10.8. The summed E-state index contributed by atoms with van der Waals surface area (Å²) in [4.78, 5) is 31.1. The fraction of sp³-hybridized carbons (Fsp3) is 0.300. The quantitative estimate of drug-likeness (QED) is 0.356. The molecule has 11 heteroatoms. The Hall–Kier alpha value is 1.76. The third kappa shape index (κ3) is 13.9. The Morgan fingerprint density at radius 2 is 1.67 bits per heavy atom. The number of phosphoric acid groups is 1. The first-order chi connectivity index (χ1) is 8.38. The number of benzene rings is 1. The number of carbonyl (C=O) groups is 1. The fourth-order valence-corrected chi connectivity index (χ4v) is 1.61. The number of carboxylic acid groups (broad SMARTS) is 1. The summed E-state index contributed by atoms with van der Waals surface area (Å²) in [6.45, 7) is -0.526. The van der Waals surface area contributed by atoms with Gasteiger partial charge in [-0.1, -0.05) is 30.3 Å². The molecular formula is C10H10Na3O7P. The van der Waals surface area contributed by atoms with Gasteiger partial charge in [0.15, 0.2) is 0 Å². The second-order valence-electron chi connectivity index (χ2n) is 3.36. The number of carbonyl (C=O) groups excluding carboxylic acids is 1. The summed E-state index contributed by atoms with van der Waals surface area (Å²) in [7, 11) is -5.39. The van der Waals surface area contributed by atoms with Crippen LogP contribution in [0.25, 0.3) is 0 Å². The summed E-state index contributed by atoms with van der Waals surface area (Å²) in [5.41, 5.74) is 0.766. The van der Waals surface area contributed by atoms with E-state index in [0.29, 0.717) is 0 Å². The summed E-state index contributed by atoms with van der Waals surface area (Å²) in [5.74, 6) is -1.82. The molecule has 1 rings (SSSR count). The SMILES string of the molecule is O=C([O-])C(COCc1ccccc1)OP(=O)([O-])[O-].[Na+].[Na+].[Na+]. The average molecular weight is 342 g/mol. The summed E-state index contributed by atoms with van der Waals surface area (Å²) in [6, 6.07) is 8.79. The molecule has 1 aromatic carbocycles. The van der Waals surface area contributed by atoms with Gasteiger partial charge in [0.05, 0.1) is 27.0 Å². The zero-order valence-electron chi connectivity index (χ0n) is 12.2. The minimum absolute atomic E-state index is 0. The van der Waals surface area contributed by atoms with Crippen LogP contribution in [0, 0.1) is 0 Å². The molecule has 0 bridgehead atoms. The standard InChI is InChI=1S/C10H13O7P.3Na/c11-10(12)9(17-18(13,14)15)7-16-6-8-4-2-1-3-5-8;;;/h1-5,9H,6-7H2,(H,11,12)(H2,13,14,15);;;/q;3*+1/p-3. The van der Waals surface area contributed by atoms with Crippen LogP contribution in [0.4, 0.5) is 0 Å². The Bertz CT molecular complexity index is 440. The van der Waals surface area contributed by atoms with Crippen LogP contribution in [0.5, 0.6) is 0 Å². The van der Waals surface area contributed by atoms with Crippen molar-refractivity contribution in [2.45, 2.75) is 12.7 Å². The molecule has 7 nitrogen and oxygen atoms in total. The van der Waals surface area contributed by atoms with Gasteiger partial charge in [-0.3, -0.25) is 0 Å². The van der Waals surface area contributed by atoms with E-state index < -0.39 is 26.5 Å². The molecule has 1 aromatic rings. The van der Waals surface area contributed by atoms with E-state index in [9.17, 15) is 24.3 Å². The smallest absolute Gasteiger partial charge is 0.790 e. The molecule has 1 atom stereocenters. The second kappa shape index (κ2) is 14.1. The summed E-state index contributed by atoms with van der Waals surface area (Å²) < 4.78 is 19.0. The first-order valence-corrected chi connectivity index (χ1v) is 6.37. The summed E-state index contributed by atoms with van der Waals surface area (Å²) in [6.07, 6.45) is -1.94. The van der Waals surface area contributed by atoms with E-state index >= 15 is 0 Å². The molecule has 0 N–H and O–H groups in total. The molecule has 21 heavy (non-hydrogen) atoms. The molecule has 0 spiro atoms. The van der Waals surface area contributed by atoms with Gasteiger partial charge in [-0.15, -0.1) is 0 Å². The minimum atomic E-state index is -5.39. The molecule has 100 valence electrons. The van der Waals surface area contributed by atoms with Crippen molar-refractivity contribution in [3.8, 4) is 0 Å². The second-order valence-corrected chi connectivity index (χ2v) is 4.47. The maximum absolute atomic E-state index is 10.5. The van der Waals surface area contributed by atoms with Gasteiger partial charge in [0.25, 0.3) is 0 Å². The average Bonchev–Trinajstić information content (AvgIpc) is 2.27. The summed E-state index contributed by atoms with van der Waals surface area (Å²) >= 11 is 0. The molecule has 0 saturated carbocycles. The largest absolute Gasteiger partial charge is 1.00 e.